The molecule has 1 fully saturated rings. The lowest BCUT2D eigenvalue weighted by molar-refractivity contribution is 0.637. The molecule has 8 heteroatoms. The number of hydrogen-bond donors (Lipinski definition) is 0. The molecule has 0 spiro atoms. The maximum absolute atomic E-state index is 12.3. The molecule has 3 heterocycles. The summed E-state index contributed by atoms with van der Waals surface area (Å²) in [5.74, 6) is 0.395. The van der Waals surface area contributed by atoms with Gasteiger partial charge in [0.2, 0.25) is 0 Å². The molecule has 0 aromatic carbocycles. The highest BCUT2D eigenvalue weighted by molar-refractivity contribution is 5.55. The van der Waals surface area contributed by atoms with Crippen molar-refractivity contribution in [1.82, 2.24) is 18.9 Å². The van der Waals surface area contributed by atoms with Gasteiger partial charge in [-0.05, 0) is 12.8 Å². The highest BCUT2D eigenvalue weighted by Crippen LogP contribution is 2.35. The van der Waals surface area contributed by atoms with Gasteiger partial charge in [-0.3, -0.25) is 18.6 Å². The molecule has 23 heavy (non-hydrogen) atoms. The predicted octanol–water partition coefficient (Wildman–Crippen LogP) is 0.0307. The summed E-state index contributed by atoms with van der Waals surface area (Å²) in [6.45, 7) is 0.689. The number of aromatic nitrogens is 4. The van der Waals surface area contributed by atoms with E-state index in [4.69, 9.17) is 0 Å². The average molecular weight is 314 g/mol. The van der Waals surface area contributed by atoms with Gasteiger partial charge in [-0.15, -0.1) is 0 Å². The molecule has 0 amide bonds. The van der Waals surface area contributed by atoms with Crippen LogP contribution < -0.4 is 16.1 Å². The Hall–Kier alpha value is -2.82. The van der Waals surface area contributed by atoms with Gasteiger partial charge in [0.05, 0.1) is 12.2 Å². The first-order valence-electron chi connectivity index (χ1n) is 7.41. The fourth-order valence-electron chi connectivity index (χ4n) is 3.25. The van der Waals surface area contributed by atoms with Gasteiger partial charge in [0, 0.05) is 39.4 Å². The Morgan fingerprint density at radius 2 is 2.00 bits per heavy atom. The first kappa shape index (κ1) is 15.1. The first-order valence-corrected chi connectivity index (χ1v) is 7.41. The van der Waals surface area contributed by atoms with E-state index < -0.39 is 11.2 Å². The molecule has 0 N–H and O–H groups in total. The molecule has 1 atom stereocenters. The van der Waals surface area contributed by atoms with E-state index in [-0.39, 0.29) is 11.6 Å². The topological polar surface area (TPSA) is 88.9 Å². The van der Waals surface area contributed by atoms with Crippen LogP contribution in [0.4, 0.5) is 5.82 Å². The van der Waals surface area contributed by atoms with Crippen LogP contribution in [-0.4, -0.2) is 25.5 Å². The van der Waals surface area contributed by atoms with Gasteiger partial charge in [0.1, 0.15) is 11.9 Å². The SMILES string of the molecule is Cn1cc(C2CCCN2c2c(C#N)c(=O)n(C)c(=O)n2C)cn1. The predicted molar refractivity (Wildman–Crippen MR) is 84.2 cm³/mol. The van der Waals surface area contributed by atoms with E-state index in [0.717, 1.165) is 23.0 Å². The zero-order chi connectivity index (χ0) is 16.7. The molecule has 2 aromatic heterocycles. The summed E-state index contributed by atoms with van der Waals surface area (Å²) in [4.78, 5) is 26.5. The van der Waals surface area contributed by atoms with E-state index in [0.29, 0.717) is 12.4 Å². The summed E-state index contributed by atoms with van der Waals surface area (Å²) >= 11 is 0. The Morgan fingerprint density at radius 3 is 2.61 bits per heavy atom. The van der Waals surface area contributed by atoms with Crippen LogP contribution in [0.25, 0.3) is 0 Å². The molecule has 0 aliphatic carbocycles. The fourth-order valence-corrected chi connectivity index (χ4v) is 3.25. The molecule has 2 aromatic rings. The van der Waals surface area contributed by atoms with Crippen molar-refractivity contribution in [3.8, 4) is 6.07 Å². The van der Waals surface area contributed by atoms with Gasteiger partial charge < -0.3 is 4.90 Å². The monoisotopic (exact) mass is 314 g/mol. The number of nitriles is 1. The van der Waals surface area contributed by atoms with Crippen molar-refractivity contribution in [2.45, 2.75) is 18.9 Å². The fraction of sp³-hybridized carbons (Fsp3) is 0.467. The van der Waals surface area contributed by atoms with E-state index in [9.17, 15) is 14.9 Å². The van der Waals surface area contributed by atoms with Crippen LogP contribution in [0.15, 0.2) is 22.0 Å². The van der Waals surface area contributed by atoms with Gasteiger partial charge in [-0.2, -0.15) is 10.4 Å². The normalized spacial score (nSPS) is 17.5. The first-order chi connectivity index (χ1) is 11.0. The van der Waals surface area contributed by atoms with E-state index in [1.807, 2.05) is 24.2 Å². The summed E-state index contributed by atoms with van der Waals surface area (Å²) in [6.07, 6.45) is 5.52. The Labute approximate surface area is 132 Å². The van der Waals surface area contributed by atoms with Crippen LogP contribution in [0.3, 0.4) is 0 Å². The molecular formula is C15H18N6O2. The van der Waals surface area contributed by atoms with Crippen LogP contribution in [0.5, 0.6) is 0 Å². The summed E-state index contributed by atoms with van der Waals surface area (Å²) in [5.41, 5.74) is 0.0377. The Bertz CT molecular complexity index is 914. The maximum atomic E-state index is 12.3. The smallest absolute Gasteiger partial charge is 0.332 e. The minimum Gasteiger partial charge on any atom is -0.349 e. The second-order valence-corrected chi connectivity index (χ2v) is 5.81. The van der Waals surface area contributed by atoms with Gasteiger partial charge in [0.25, 0.3) is 5.56 Å². The van der Waals surface area contributed by atoms with E-state index >= 15 is 0 Å². The molecule has 0 radical (unpaired) electrons. The number of rotatable bonds is 2. The van der Waals surface area contributed by atoms with Gasteiger partial charge in [0.15, 0.2) is 5.56 Å². The molecule has 0 bridgehead atoms. The quantitative estimate of drug-likeness (QED) is 0.780. The van der Waals surface area contributed by atoms with Crippen molar-refractivity contribution in [3.05, 3.63) is 44.4 Å². The van der Waals surface area contributed by atoms with Gasteiger partial charge >= 0.3 is 5.69 Å². The molecule has 1 aliphatic heterocycles. The Kier molecular flexibility index (Phi) is 3.56. The van der Waals surface area contributed by atoms with Crippen LogP contribution in [-0.2, 0) is 21.1 Å². The van der Waals surface area contributed by atoms with Crippen molar-refractivity contribution < 1.29 is 0 Å². The van der Waals surface area contributed by atoms with Crippen molar-refractivity contribution in [1.29, 1.82) is 5.26 Å². The summed E-state index contributed by atoms with van der Waals surface area (Å²) in [5, 5.41) is 13.6. The second-order valence-electron chi connectivity index (χ2n) is 5.81. The third-order valence-electron chi connectivity index (χ3n) is 4.38. The highest BCUT2D eigenvalue weighted by atomic mass is 16.2. The third kappa shape index (κ3) is 2.25. The van der Waals surface area contributed by atoms with Crippen LogP contribution in [0.1, 0.15) is 30.0 Å². The van der Waals surface area contributed by atoms with Crippen LogP contribution in [0, 0.1) is 11.3 Å². The maximum Gasteiger partial charge on any atom is 0.332 e. The molecule has 8 nitrogen and oxygen atoms in total. The summed E-state index contributed by atoms with van der Waals surface area (Å²) in [7, 11) is 4.83. The molecule has 1 unspecified atom stereocenters. The lowest BCUT2D eigenvalue weighted by Crippen LogP contribution is -2.42. The standard InChI is InChI=1S/C15H18N6O2/c1-18-9-10(8-17-18)12-5-4-6-21(12)13-11(7-16)14(22)20(3)15(23)19(13)2/h8-9,12H,4-6H2,1-3H3. The van der Waals surface area contributed by atoms with E-state index in [1.54, 1.807) is 17.9 Å². The Morgan fingerprint density at radius 1 is 1.26 bits per heavy atom. The van der Waals surface area contributed by atoms with Crippen molar-refractivity contribution in [2.75, 3.05) is 11.4 Å². The zero-order valence-electron chi connectivity index (χ0n) is 13.4. The van der Waals surface area contributed by atoms with Crippen LogP contribution >= 0.6 is 0 Å². The lowest BCUT2D eigenvalue weighted by Gasteiger charge is -2.28. The van der Waals surface area contributed by atoms with Crippen molar-refractivity contribution in [3.63, 3.8) is 0 Å². The minimum atomic E-state index is -0.553. The molecular weight excluding hydrogens is 296 g/mol. The average Bonchev–Trinajstić information content (AvgIpc) is 3.17. The molecule has 1 saturated heterocycles. The molecule has 1 aliphatic rings. The number of anilines is 1. The number of nitrogens with zero attached hydrogens (tertiary/aromatic N) is 6. The van der Waals surface area contributed by atoms with E-state index in [1.165, 1.54) is 11.6 Å². The number of hydrogen-bond acceptors (Lipinski definition) is 5. The zero-order valence-corrected chi connectivity index (χ0v) is 13.4. The third-order valence-corrected chi connectivity index (χ3v) is 4.38. The summed E-state index contributed by atoms with van der Waals surface area (Å²) < 4.78 is 4.08. The largest absolute Gasteiger partial charge is 0.349 e. The molecule has 0 saturated carbocycles. The van der Waals surface area contributed by atoms with E-state index in [2.05, 4.69) is 5.10 Å². The minimum absolute atomic E-state index is 0.00499. The lowest BCUT2D eigenvalue weighted by atomic mass is 10.1. The number of aryl methyl sites for hydroxylation is 1. The second kappa shape index (κ2) is 5.43. The summed E-state index contributed by atoms with van der Waals surface area (Å²) in [6, 6.07) is 1.98. The van der Waals surface area contributed by atoms with Crippen LogP contribution in [0.2, 0.25) is 0 Å². The van der Waals surface area contributed by atoms with Gasteiger partial charge in [-0.25, -0.2) is 4.79 Å². The Balaban J connectivity index is 2.20. The molecule has 3 rings (SSSR count). The molecule has 120 valence electrons. The van der Waals surface area contributed by atoms with Crippen molar-refractivity contribution in [2.24, 2.45) is 21.1 Å². The highest BCUT2D eigenvalue weighted by Gasteiger charge is 2.32. The van der Waals surface area contributed by atoms with Gasteiger partial charge in [-0.1, -0.05) is 0 Å². The van der Waals surface area contributed by atoms with Crippen molar-refractivity contribution >= 4 is 5.82 Å².